The predicted molar refractivity (Wildman–Crippen MR) is 103 cm³/mol. The van der Waals surface area contributed by atoms with E-state index in [4.69, 9.17) is 20.8 Å². The lowest BCUT2D eigenvalue weighted by Crippen LogP contribution is -2.20. The van der Waals surface area contributed by atoms with Crippen LogP contribution in [0.4, 0.5) is 11.4 Å². The van der Waals surface area contributed by atoms with Crippen molar-refractivity contribution in [3.05, 3.63) is 77.2 Å². The van der Waals surface area contributed by atoms with Crippen LogP contribution in [0.15, 0.2) is 65.3 Å². The van der Waals surface area contributed by atoms with Gasteiger partial charge in [-0.15, -0.1) is 0 Å². The molecule has 2 aromatic carbocycles. The van der Waals surface area contributed by atoms with Crippen molar-refractivity contribution in [1.29, 1.82) is 0 Å². The molecule has 2 amide bonds. The number of furan rings is 1. The van der Waals surface area contributed by atoms with Gasteiger partial charge in [0.2, 0.25) is 0 Å². The van der Waals surface area contributed by atoms with Gasteiger partial charge < -0.3 is 19.8 Å². The summed E-state index contributed by atoms with van der Waals surface area (Å²) in [6.45, 7) is 1.82. The first-order chi connectivity index (χ1) is 13.0. The third-order valence-electron chi connectivity index (χ3n) is 3.61. The molecule has 0 bridgehead atoms. The maximum Gasteiger partial charge on any atom is 0.291 e. The first-order valence-electron chi connectivity index (χ1n) is 8.15. The van der Waals surface area contributed by atoms with Crippen LogP contribution in [0.5, 0.6) is 5.75 Å². The zero-order valence-electron chi connectivity index (χ0n) is 14.5. The highest BCUT2D eigenvalue weighted by Crippen LogP contribution is 2.26. The molecule has 0 unspecified atom stereocenters. The number of ether oxygens (including phenoxy) is 1. The number of aryl methyl sites for hydroxylation is 1. The number of benzene rings is 2. The number of carbonyl (C=O) groups excluding carboxylic acids is 2. The molecule has 0 aliphatic carbocycles. The van der Waals surface area contributed by atoms with Crippen LogP contribution in [-0.2, 0) is 4.79 Å². The summed E-state index contributed by atoms with van der Waals surface area (Å²) in [5.41, 5.74) is 1.95. The minimum absolute atomic E-state index is 0.127. The van der Waals surface area contributed by atoms with Gasteiger partial charge in [0.25, 0.3) is 11.8 Å². The van der Waals surface area contributed by atoms with Gasteiger partial charge in [-0.2, -0.15) is 0 Å². The third-order valence-corrected chi connectivity index (χ3v) is 3.92. The van der Waals surface area contributed by atoms with E-state index in [1.165, 1.54) is 6.26 Å². The number of hydrogen-bond acceptors (Lipinski definition) is 4. The quantitative estimate of drug-likeness (QED) is 0.655. The van der Waals surface area contributed by atoms with E-state index in [2.05, 4.69) is 10.6 Å². The molecule has 0 fully saturated rings. The van der Waals surface area contributed by atoms with Crippen LogP contribution >= 0.6 is 11.6 Å². The third kappa shape index (κ3) is 5.12. The lowest BCUT2D eigenvalue weighted by molar-refractivity contribution is -0.118. The summed E-state index contributed by atoms with van der Waals surface area (Å²) in [6.07, 6.45) is 1.41. The lowest BCUT2D eigenvalue weighted by atomic mass is 10.2. The number of anilines is 2. The second-order valence-electron chi connectivity index (χ2n) is 5.78. The molecule has 27 heavy (non-hydrogen) atoms. The second-order valence-corrected chi connectivity index (χ2v) is 6.19. The largest absolute Gasteiger partial charge is 0.484 e. The average molecular weight is 385 g/mol. The molecule has 0 spiro atoms. The summed E-state index contributed by atoms with van der Waals surface area (Å²) in [5.74, 6) is 0.0705. The van der Waals surface area contributed by atoms with E-state index in [1.54, 1.807) is 36.4 Å². The van der Waals surface area contributed by atoms with Gasteiger partial charge in [-0.3, -0.25) is 9.59 Å². The molecule has 138 valence electrons. The van der Waals surface area contributed by atoms with E-state index in [0.29, 0.717) is 17.1 Å². The lowest BCUT2D eigenvalue weighted by Gasteiger charge is -2.10. The Hall–Kier alpha value is -3.25. The van der Waals surface area contributed by atoms with Gasteiger partial charge in [-0.1, -0.05) is 23.7 Å². The van der Waals surface area contributed by atoms with E-state index in [-0.39, 0.29) is 23.3 Å². The molecule has 0 radical (unpaired) electrons. The van der Waals surface area contributed by atoms with Gasteiger partial charge in [0, 0.05) is 5.69 Å². The molecule has 0 aliphatic rings. The molecule has 7 heteroatoms. The molecular weight excluding hydrogens is 368 g/mol. The van der Waals surface area contributed by atoms with E-state index >= 15 is 0 Å². The van der Waals surface area contributed by atoms with Crippen LogP contribution in [0.2, 0.25) is 5.02 Å². The highest BCUT2D eigenvalue weighted by Gasteiger charge is 2.12. The second kappa shape index (κ2) is 8.42. The van der Waals surface area contributed by atoms with E-state index in [1.807, 2.05) is 25.1 Å². The Morgan fingerprint density at radius 3 is 2.63 bits per heavy atom. The Kier molecular flexibility index (Phi) is 5.78. The van der Waals surface area contributed by atoms with Gasteiger partial charge in [-0.25, -0.2) is 0 Å². The summed E-state index contributed by atoms with van der Waals surface area (Å²) >= 11 is 6.18. The summed E-state index contributed by atoms with van der Waals surface area (Å²) < 4.78 is 10.5. The van der Waals surface area contributed by atoms with Gasteiger partial charge in [0.15, 0.2) is 12.4 Å². The Morgan fingerprint density at radius 1 is 1.07 bits per heavy atom. The monoisotopic (exact) mass is 384 g/mol. The van der Waals surface area contributed by atoms with E-state index in [9.17, 15) is 9.59 Å². The summed E-state index contributed by atoms with van der Waals surface area (Å²) in [7, 11) is 0. The first kappa shape index (κ1) is 18.5. The number of halogens is 1. The molecule has 3 rings (SSSR count). The normalized spacial score (nSPS) is 10.3. The maximum atomic E-state index is 12.0. The van der Waals surface area contributed by atoms with Crippen molar-refractivity contribution in [2.75, 3.05) is 17.2 Å². The SMILES string of the molecule is Cc1cccc(OCC(=O)Nc2ccc(NC(=O)c3ccco3)c(Cl)c2)c1. The van der Waals surface area contributed by atoms with Gasteiger partial charge in [0.05, 0.1) is 17.0 Å². The van der Waals surface area contributed by atoms with Crippen LogP contribution in [0.25, 0.3) is 0 Å². The number of rotatable bonds is 6. The Balaban J connectivity index is 1.56. The Labute approximate surface area is 161 Å². The summed E-state index contributed by atoms with van der Waals surface area (Å²) in [6, 6.07) is 15.4. The van der Waals surface area contributed by atoms with Gasteiger partial charge >= 0.3 is 0 Å². The van der Waals surface area contributed by atoms with Crippen LogP contribution < -0.4 is 15.4 Å². The Morgan fingerprint density at radius 2 is 1.93 bits per heavy atom. The molecule has 2 N–H and O–H groups in total. The fourth-order valence-corrected chi connectivity index (χ4v) is 2.56. The molecule has 1 aromatic heterocycles. The fourth-order valence-electron chi connectivity index (χ4n) is 2.34. The topological polar surface area (TPSA) is 80.6 Å². The van der Waals surface area contributed by atoms with Crippen LogP contribution in [0.1, 0.15) is 16.1 Å². The van der Waals surface area contributed by atoms with Gasteiger partial charge in [-0.05, 0) is 55.0 Å². The molecule has 0 aliphatic heterocycles. The fraction of sp³-hybridized carbons (Fsp3) is 0.100. The smallest absolute Gasteiger partial charge is 0.291 e. The molecule has 0 saturated carbocycles. The maximum absolute atomic E-state index is 12.0. The zero-order valence-corrected chi connectivity index (χ0v) is 15.2. The average Bonchev–Trinajstić information content (AvgIpc) is 3.17. The standard InChI is InChI=1S/C20H17ClN2O4/c1-13-4-2-5-15(10-13)27-12-19(24)22-14-7-8-17(16(21)11-14)23-20(25)18-6-3-9-26-18/h2-11H,12H2,1H3,(H,22,24)(H,23,25). The molecule has 0 atom stereocenters. The van der Waals surface area contributed by atoms with Crippen LogP contribution in [-0.4, -0.2) is 18.4 Å². The van der Waals surface area contributed by atoms with Gasteiger partial charge in [0.1, 0.15) is 5.75 Å². The highest BCUT2D eigenvalue weighted by atomic mass is 35.5. The Bertz CT molecular complexity index is 954. The zero-order chi connectivity index (χ0) is 19.2. The van der Waals surface area contributed by atoms with Crippen molar-refractivity contribution in [1.82, 2.24) is 0 Å². The van der Waals surface area contributed by atoms with Crippen molar-refractivity contribution in [3.8, 4) is 5.75 Å². The summed E-state index contributed by atoms with van der Waals surface area (Å²) in [4.78, 5) is 24.0. The molecule has 1 heterocycles. The molecule has 0 saturated heterocycles. The highest BCUT2D eigenvalue weighted by molar-refractivity contribution is 6.34. The van der Waals surface area contributed by atoms with Crippen molar-refractivity contribution in [2.45, 2.75) is 6.92 Å². The van der Waals surface area contributed by atoms with Crippen molar-refractivity contribution >= 4 is 34.8 Å². The molecule has 3 aromatic rings. The minimum atomic E-state index is -0.412. The van der Waals surface area contributed by atoms with E-state index in [0.717, 1.165) is 5.56 Å². The van der Waals surface area contributed by atoms with Crippen molar-refractivity contribution in [2.24, 2.45) is 0 Å². The minimum Gasteiger partial charge on any atom is -0.484 e. The molecular formula is C20H17ClN2O4. The van der Waals surface area contributed by atoms with Crippen molar-refractivity contribution < 1.29 is 18.7 Å². The first-order valence-corrected chi connectivity index (χ1v) is 8.53. The number of carbonyl (C=O) groups is 2. The van der Waals surface area contributed by atoms with Crippen LogP contribution in [0, 0.1) is 6.92 Å². The number of nitrogens with one attached hydrogen (secondary N) is 2. The summed E-state index contributed by atoms with van der Waals surface area (Å²) in [5, 5.41) is 5.62. The number of amides is 2. The molecule has 6 nitrogen and oxygen atoms in total. The predicted octanol–water partition coefficient (Wildman–Crippen LogP) is 4.51. The number of hydrogen-bond donors (Lipinski definition) is 2. The van der Waals surface area contributed by atoms with E-state index < -0.39 is 5.91 Å². The van der Waals surface area contributed by atoms with Crippen molar-refractivity contribution in [3.63, 3.8) is 0 Å². The van der Waals surface area contributed by atoms with Crippen LogP contribution in [0.3, 0.4) is 0 Å².